The van der Waals surface area contributed by atoms with Crippen molar-refractivity contribution in [2.75, 3.05) is 31.5 Å². The summed E-state index contributed by atoms with van der Waals surface area (Å²) in [7, 11) is 0. The fraction of sp³-hybridized carbons (Fsp3) is 0.300. The third-order valence-electron chi connectivity index (χ3n) is 7.10. The van der Waals surface area contributed by atoms with E-state index in [9.17, 15) is 4.79 Å². The van der Waals surface area contributed by atoms with Crippen LogP contribution in [0.5, 0.6) is 0 Å². The predicted octanol–water partition coefficient (Wildman–Crippen LogP) is 5.81. The first-order valence-electron chi connectivity index (χ1n) is 12.9. The highest BCUT2D eigenvalue weighted by atomic mass is 35.5. The molecule has 190 valence electrons. The number of carbonyl (C=O) groups is 1. The van der Waals surface area contributed by atoms with Crippen LogP contribution in [0, 0.1) is 5.92 Å². The van der Waals surface area contributed by atoms with Crippen molar-refractivity contribution in [1.29, 1.82) is 0 Å². The highest BCUT2D eigenvalue weighted by Gasteiger charge is 2.19. The van der Waals surface area contributed by atoms with E-state index in [0.29, 0.717) is 22.5 Å². The SMILES string of the molecule is NC(=O)c1cccc(CC2CCN(CCCNc3nc(-c4ccc(Cl)cc4)c4ccccc4n3)CC2)c1. The molecule has 3 N–H and O–H groups in total. The van der Waals surface area contributed by atoms with Crippen molar-refractivity contribution in [1.82, 2.24) is 14.9 Å². The van der Waals surface area contributed by atoms with Crippen molar-refractivity contribution < 1.29 is 4.79 Å². The van der Waals surface area contributed by atoms with E-state index in [-0.39, 0.29) is 5.91 Å². The second-order valence-electron chi connectivity index (χ2n) is 9.75. The number of amides is 1. The quantitative estimate of drug-likeness (QED) is 0.276. The van der Waals surface area contributed by atoms with Gasteiger partial charge in [0.25, 0.3) is 0 Å². The lowest BCUT2D eigenvalue weighted by atomic mass is 9.89. The van der Waals surface area contributed by atoms with Gasteiger partial charge >= 0.3 is 0 Å². The summed E-state index contributed by atoms with van der Waals surface area (Å²) in [5.41, 5.74) is 10.1. The standard InChI is InChI=1S/C30H32ClN5O/c31-25-11-9-23(10-12-25)28-26-7-1-2-8-27(26)34-30(35-28)33-15-4-16-36-17-13-21(14-18-36)19-22-5-3-6-24(20-22)29(32)37/h1-3,5-12,20-21H,4,13-19H2,(H2,32,37)(H,33,34,35). The summed E-state index contributed by atoms with van der Waals surface area (Å²) in [6.45, 7) is 4.08. The molecule has 0 atom stereocenters. The zero-order chi connectivity index (χ0) is 25.6. The number of rotatable bonds is 9. The number of benzene rings is 3. The van der Waals surface area contributed by atoms with Crippen molar-refractivity contribution >= 4 is 34.4 Å². The fourth-order valence-corrected chi connectivity index (χ4v) is 5.21. The first kappa shape index (κ1) is 25.2. The molecule has 4 aromatic rings. The molecule has 1 saturated heterocycles. The molecule has 6 nitrogen and oxygen atoms in total. The van der Waals surface area contributed by atoms with Gasteiger partial charge in [0, 0.05) is 28.1 Å². The van der Waals surface area contributed by atoms with Crippen LogP contribution in [0.2, 0.25) is 5.02 Å². The van der Waals surface area contributed by atoms with Crippen LogP contribution in [-0.2, 0) is 6.42 Å². The molecule has 0 saturated carbocycles. The number of anilines is 1. The fourth-order valence-electron chi connectivity index (χ4n) is 5.09. The molecule has 0 radical (unpaired) electrons. The maximum absolute atomic E-state index is 11.5. The monoisotopic (exact) mass is 513 g/mol. The number of aromatic nitrogens is 2. The number of fused-ring (bicyclic) bond motifs is 1. The lowest BCUT2D eigenvalue weighted by molar-refractivity contribution is 0.1000. The Morgan fingerprint density at radius 1 is 1.00 bits per heavy atom. The average Bonchev–Trinajstić information content (AvgIpc) is 2.92. The van der Waals surface area contributed by atoms with Gasteiger partial charge in [-0.2, -0.15) is 0 Å². The minimum Gasteiger partial charge on any atom is -0.366 e. The van der Waals surface area contributed by atoms with E-state index in [4.69, 9.17) is 27.3 Å². The van der Waals surface area contributed by atoms with Gasteiger partial charge in [-0.1, -0.05) is 54.1 Å². The number of piperidine rings is 1. The second kappa shape index (κ2) is 11.7. The van der Waals surface area contributed by atoms with Crippen LogP contribution >= 0.6 is 11.6 Å². The Hall–Kier alpha value is -3.48. The number of primary amides is 1. The third kappa shape index (κ3) is 6.45. The molecule has 7 heteroatoms. The van der Waals surface area contributed by atoms with Crippen LogP contribution in [0.1, 0.15) is 35.2 Å². The molecule has 37 heavy (non-hydrogen) atoms. The van der Waals surface area contributed by atoms with Gasteiger partial charge in [0.15, 0.2) is 0 Å². The topological polar surface area (TPSA) is 84.1 Å². The molecule has 0 unspecified atom stereocenters. The third-order valence-corrected chi connectivity index (χ3v) is 7.35. The molecule has 0 aliphatic carbocycles. The number of hydrogen-bond donors (Lipinski definition) is 2. The van der Waals surface area contributed by atoms with Crippen molar-refractivity contribution in [3.63, 3.8) is 0 Å². The largest absolute Gasteiger partial charge is 0.366 e. The van der Waals surface area contributed by atoms with Gasteiger partial charge in [0.1, 0.15) is 0 Å². The first-order valence-corrected chi connectivity index (χ1v) is 13.3. The molecule has 0 bridgehead atoms. The van der Waals surface area contributed by atoms with Crippen molar-refractivity contribution in [3.8, 4) is 11.3 Å². The van der Waals surface area contributed by atoms with E-state index in [0.717, 1.165) is 61.2 Å². The maximum atomic E-state index is 11.5. The van der Waals surface area contributed by atoms with Crippen molar-refractivity contribution in [2.45, 2.75) is 25.7 Å². The molecule has 5 rings (SSSR count). The summed E-state index contributed by atoms with van der Waals surface area (Å²) in [4.78, 5) is 23.6. The zero-order valence-electron chi connectivity index (χ0n) is 20.9. The number of hydrogen-bond acceptors (Lipinski definition) is 5. The maximum Gasteiger partial charge on any atom is 0.248 e. The van der Waals surface area contributed by atoms with E-state index >= 15 is 0 Å². The van der Waals surface area contributed by atoms with Crippen molar-refractivity contribution in [2.24, 2.45) is 11.7 Å². The van der Waals surface area contributed by atoms with Gasteiger partial charge in [0.2, 0.25) is 11.9 Å². The number of nitrogens with one attached hydrogen (secondary N) is 1. The molecule has 2 heterocycles. The average molecular weight is 514 g/mol. The molecule has 1 fully saturated rings. The molecule has 1 amide bonds. The normalized spacial score (nSPS) is 14.6. The number of nitrogens with zero attached hydrogens (tertiary/aromatic N) is 3. The Morgan fingerprint density at radius 3 is 2.57 bits per heavy atom. The smallest absolute Gasteiger partial charge is 0.248 e. The van der Waals surface area contributed by atoms with E-state index in [1.54, 1.807) is 6.07 Å². The molecular weight excluding hydrogens is 482 g/mol. The highest BCUT2D eigenvalue weighted by Crippen LogP contribution is 2.28. The van der Waals surface area contributed by atoms with E-state index in [2.05, 4.69) is 22.3 Å². The Labute approximate surface area is 222 Å². The lowest BCUT2D eigenvalue weighted by Gasteiger charge is -2.32. The number of halogens is 1. The summed E-state index contributed by atoms with van der Waals surface area (Å²) < 4.78 is 0. The van der Waals surface area contributed by atoms with E-state index < -0.39 is 0 Å². The van der Waals surface area contributed by atoms with Gasteiger partial charge in [-0.3, -0.25) is 4.79 Å². The summed E-state index contributed by atoms with van der Waals surface area (Å²) >= 11 is 6.09. The minimum absolute atomic E-state index is 0.361. The van der Waals surface area contributed by atoms with Gasteiger partial charge in [0.05, 0.1) is 11.2 Å². The van der Waals surface area contributed by atoms with Crippen LogP contribution in [0.3, 0.4) is 0 Å². The molecule has 3 aromatic carbocycles. The van der Waals surface area contributed by atoms with Crippen LogP contribution in [0.25, 0.3) is 22.2 Å². The Balaban J connectivity index is 1.12. The number of nitrogens with two attached hydrogens (primary N) is 1. The summed E-state index contributed by atoms with van der Waals surface area (Å²) in [5, 5.41) is 5.18. The van der Waals surface area contributed by atoms with Crippen LogP contribution in [0.4, 0.5) is 5.95 Å². The molecular formula is C30H32ClN5O. The molecule has 1 aliphatic rings. The van der Waals surface area contributed by atoms with Gasteiger partial charge in [-0.25, -0.2) is 9.97 Å². The summed E-state index contributed by atoms with van der Waals surface area (Å²) in [6.07, 6.45) is 4.38. The zero-order valence-corrected chi connectivity index (χ0v) is 21.6. The predicted molar refractivity (Wildman–Crippen MR) is 151 cm³/mol. The number of likely N-dealkylation sites (tertiary alicyclic amines) is 1. The molecule has 1 aliphatic heterocycles. The minimum atomic E-state index is -0.361. The summed E-state index contributed by atoms with van der Waals surface area (Å²) in [5.74, 6) is 0.941. The first-order chi connectivity index (χ1) is 18.0. The van der Waals surface area contributed by atoms with Crippen LogP contribution < -0.4 is 11.1 Å². The van der Waals surface area contributed by atoms with Gasteiger partial charge in [-0.15, -0.1) is 0 Å². The van der Waals surface area contributed by atoms with E-state index in [1.807, 2.05) is 54.6 Å². The van der Waals surface area contributed by atoms with Crippen LogP contribution in [-0.4, -0.2) is 47.0 Å². The number of para-hydroxylation sites is 1. The molecule has 1 aromatic heterocycles. The second-order valence-corrected chi connectivity index (χ2v) is 10.2. The number of carbonyl (C=O) groups excluding carboxylic acids is 1. The van der Waals surface area contributed by atoms with E-state index in [1.165, 1.54) is 18.4 Å². The van der Waals surface area contributed by atoms with Gasteiger partial charge < -0.3 is 16.0 Å². The Kier molecular flexibility index (Phi) is 7.97. The van der Waals surface area contributed by atoms with Gasteiger partial charge in [-0.05, 0) is 87.1 Å². The molecule has 0 spiro atoms. The van der Waals surface area contributed by atoms with Crippen molar-refractivity contribution in [3.05, 3.63) is 88.9 Å². The Bertz CT molecular complexity index is 1370. The Morgan fingerprint density at radius 2 is 1.78 bits per heavy atom. The highest BCUT2D eigenvalue weighted by molar-refractivity contribution is 6.30. The van der Waals surface area contributed by atoms with Crippen LogP contribution in [0.15, 0.2) is 72.8 Å². The lowest BCUT2D eigenvalue weighted by Crippen LogP contribution is -2.35. The summed E-state index contributed by atoms with van der Waals surface area (Å²) in [6, 6.07) is 23.6.